The molecule has 1 amide bonds. The summed E-state index contributed by atoms with van der Waals surface area (Å²) in [5.41, 5.74) is -0.0161. The van der Waals surface area contributed by atoms with Crippen molar-refractivity contribution in [3.8, 4) is 0 Å². The van der Waals surface area contributed by atoms with Crippen molar-refractivity contribution in [1.29, 1.82) is 0 Å². The lowest BCUT2D eigenvalue weighted by molar-refractivity contribution is -0.134. The predicted molar refractivity (Wildman–Crippen MR) is 90.9 cm³/mol. The molecule has 0 spiro atoms. The van der Waals surface area contributed by atoms with Gasteiger partial charge in [-0.1, -0.05) is 6.42 Å². The summed E-state index contributed by atoms with van der Waals surface area (Å²) in [5, 5.41) is 10.3. The fourth-order valence-corrected chi connectivity index (χ4v) is 6.97. The Balaban J connectivity index is 1.39. The molecule has 3 aliphatic rings. The van der Waals surface area contributed by atoms with Crippen LogP contribution >= 0.6 is 11.3 Å². The molecule has 1 aliphatic heterocycles. The summed E-state index contributed by atoms with van der Waals surface area (Å²) in [6, 6.07) is 1.20. The number of rotatable bonds is 4. The van der Waals surface area contributed by atoms with Crippen LogP contribution in [0.4, 0.5) is 0 Å². The van der Waals surface area contributed by atoms with Crippen LogP contribution in [0.2, 0.25) is 0 Å². The Kier molecular flexibility index (Phi) is 4.12. The average molecular weight is 384 g/mol. The monoisotopic (exact) mass is 384 g/mol. The van der Waals surface area contributed by atoms with Gasteiger partial charge in [0.2, 0.25) is 5.91 Å². The van der Waals surface area contributed by atoms with Crippen molar-refractivity contribution in [2.45, 2.75) is 23.5 Å². The van der Waals surface area contributed by atoms with E-state index in [0.29, 0.717) is 24.9 Å². The number of carboxylic acids is 1. The number of piperazine rings is 1. The molecule has 25 heavy (non-hydrogen) atoms. The Morgan fingerprint density at radius 3 is 2.32 bits per heavy atom. The summed E-state index contributed by atoms with van der Waals surface area (Å²) >= 11 is 0.921. The molecule has 1 aromatic rings. The van der Waals surface area contributed by atoms with Crippen molar-refractivity contribution >= 4 is 33.2 Å². The molecule has 1 saturated heterocycles. The average Bonchev–Trinajstić information content (AvgIpc) is 3.02. The molecular weight excluding hydrogens is 364 g/mol. The van der Waals surface area contributed by atoms with Crippen molar-refractivity contribution in [2.24, 2.45) is 17.8 Å². The van der Waals surface area contributed by atoms with E-state index < -0.39 is 16.0 Å². The fourth-order valence-electron chi connectivity index (χ4n) is 4.24. The van der Waals surface area contributed by atoms with E-state index in [2.05, 4.69) is 0 Å². The Morgan fingerprint density at radius 2 is 1.76 bits per heavy atom. The van der Waals surface area contributed by atoms with E-state index >= 15 is 0 Å². The number of amides is 1. The Labute approximate surface area is 150 Å². The number of hydrogen-bond donors (Lipinski definition) is 1. The molecule has 9 heteroatoms. The molecule has 0 aromatic carbocycles. The molecule has 4 rings (SSSR count). The summed E-state index contributed by atoms with van der Waals surface area (Å²) in [5.74, 6) is 0.358. The minimum Gasteiger partial charge on any atom is -0.478 e. The van der Waals surface area contributed by atoms with Gasteiger partial charge in [-0.15, -0.1) is 11.3 Å². The highest BCUT2D eigenvalue weighted by molar-refractivity contribution is 7.91. The smallest absolute Gasteiger partial charge is 0.336 e. The third-order valence-electron chi connectivity index (χ3n) is 5.66. The first-order chi connectivity index (χ1) is 11.9. The molecule has 136 valence electrons. The summed E-state index contributed by atoms with van der Waals surface area (Å²) in [6.45, 7) is 1.34. The summed E-state index contributed by atoms with van der Waals surface area (Å²) in [7, 11) is -3.69. The van der Waals surface area contributed by atoms with Gasteiger partial charge in [0, 0.05) is 37.5 Å². The Hall–Kier alpha value is -1.45. The molecule has 2 saturated carbocycles. The molecule has 2 aliphatic carbocycles. The maximum absolute atomic E-state index is 12.6. The number of aromatic carboxylic acids is 1. The number of thiophene rings is 1. The van der Waals surface area contributed by atoms with E-state index in [0.717, 1.165) is 24.2 Å². The summed E-state index contributed by atoms with van der Waals surface area (Å²) in [6.07, 6.45) is 3.53. The fraction of sp³-hybridized carbons (Fsp3) is 0.625. The van der Waals surface area contributed by atoms with E-state index in [1.807, 2.05) is 0 Å². The van der Waals surface area contributed by atoms with Crippen molar-refractivity contribution < 1.29 is 23.1 Å². The van der Waals surface area contributed by atoms with Crippen LogP contribution in [0.25, 0.3) is 0 Å². The van der Waals surface area contributed by atoms with Crippen molar-refractivity contribution in [2.75, 3.05) is 26.2 Å². The molecule has 3 fully saturated rings. The van der Waals surface area contributed by atoms with Crippen LogP contribution in [0, 0.1) is 17.8 Å². The molecule has 2 unspecified atom stereocenters. The zero-order valence-corrected chi connectivity index (χ0v) is 15.3. The predicted octanol–water partition coefficient (Wildman–Crippen LogP) is 1.33. The standard InChI is InChI=1S/C16H20N2O5S2/c19-15(14-11-2-1-3-12(11)14)17-4-6-18(7-5-17)25(22,23)13-8-10(9-24-13)16(20)21/h8-9,11-12,14H,1-7H2,(H,20,21). The minimum atomic E-state index is -3.69. The Morgan fingerprint density at radius 1 is 1.12 bits per heavy atom. The van der Waals surface area contributed by atoms with Crippen molar-refractivity contribution in [3.05, 3.63) is 17.0 Å². The van der Waals surface area contributed by atoms with Crippen molar-refractivity contribution in [3.63, 3.8) is 0 Å². The number of fused-ring (bicyclic) bond motifs is 1. The lowest BCUT2D eigenvalue weighted by atomic mass is 10.1. The molecule has 1 N–H and O–H groups in total. The van der Waals surface area contributed by atoms with E-state index in [9.17, 15) is 18.0 Å². The van der Waals surface area contributed by atoms with Crippen LogP contribution in [-0.2, 0) is 14.8 Å². The SMILES string of the molecule is O=C(O)c1csc(S(=O)(=O)N2CCN(C(=O)C3C4CCCC43)CC2)c1. The zero-order chi connectivity index (χ0) is 17.8. The lowest BCUT2D eigenvalue weighted by Crippen LogP contribution is -2.51. The van der Waals surface area contributed by atoms with Gasteiger partial charge in [-0.3, -0.25) is 4.79 Å². The highest BCUT2D eigenvalue weighted by Crippen LogP contribution is 2.58. The second kappa shape index (κ2) is 6.07. The van der Waals surface area contributed by atoms with Gasteiger partial charge < -0.3 is 10.0 Å². The lowest BCUT2D eigenvalue weighted by Gasteiger charge is -2.34. The van der Waals surface area contributed by atoms with Gasteiger partial charge in [-0.05, 0) is 30.7 Å². The third kappa shape index (κ3) is 2.88. The van der Waals surface area contributed by atoms with Crippen LogP contribution in [0.5, 0.6) is 0 Å². The summed E-state index contributed by atoms with van der Waals surface area (Å²) in [4.78, 5) is 25.3. The number of hydrogen-bond acceptors (Lipinski definition) is 5. The highest BCUT2D eigenvalue weighted by atomic mass is 32.2. The molecule has 0 bridgehead atoms. The van der Waals surface area contributed by atoms with Gasteiger partial charge in [0.15, 0.2) is 0 Å². The Bertz CT molecular complexity index is 800. The van der Waals surface area contributed by atoms with Gasteiger partial charge in [0.1, 0.15) is 4.21 Å². The van der Waals surface area contributed by atoms with Crippen molar-refractivity contribution in [1.82, 2.24) is 9.21 Å². The van der Waals surface area contributed by atoms with E-state index in [4.69, 9.17) is 5.11 Å². The largest absolute Gasteiger partial charge is 0.478 e. The number of carbonyl (C=O) groups excluding carboxylic acids is 1. The minimum absolute atomic E-state index is 0.0161. The van der Waals surface area contributed by atoms with E-state index in [-0.39, 0.29) is 34.7 Å². The highest BCUT2D eigenvalue weighted by Gasteiger charge is 2.57. The number of sulfonamides is 1. The number of carbonyl (C=O) groups is 2. The first-order valence-electron chi connectivity index (χ1n) is 8.50. The van der Waals surface area contributed by atoms with Gasteiger partial charge in [0.05, 0.1) is 5.56 Å². The third-order valence-corrected chi connectivity index (χ3v) is 8.97. The zero-order valence-electron chi connectivity index (χ0n) is 13.6. The van der Waals surface area contributed by atoms with Gasteiger partial charge in [0.25, 0.3) is 10.0 Å². The molecule has 2 atom stereocenters. The maximum Gasteiger partial charge on any atom is 0.336 e. The molecule has 7 nitrogen and oxygen atoms in total. The normalized spacial score (nSPS) is 29.4. The number of carboxylic acid groups (broad SMARTS) is 1. The van der Waals surface area contributed by atoms with Crippen LogP contribution in [-0.4, -0.2) is 60.8 Å². The van der Waals surface area contributed by atoms with Crippen LogP contribution in [0.3, 0.4) is 0 Å². The van der Waals surface area contributed by atoms with Crippen LogP contribution in [0.1, 0.15) is 29.6 Å². The topological polar surface area (TPSA) is 95.0 Å². The maximum atomic E-state index is 12.6. The second-order valence-electron chi connectivity index (χ2n) is 6.97. The van der Waals surface area contributed by atoms with E-state index in [1.165, 1.54) is 22.2 Å². The van der Waals surface area contributed by atoms with Gasteiger partial charge >= 0.3 is 5.97 Å². The summed E-state index contributed by atoms with van der Waals surface area (Å²) < 4.78 is 26.7. The van der Waals surface area contributed by atoms with Crippen LogP contribution < -0.4 is 0 Å². The number of nitrogens with zero attached hydrogens (tertiary/aromatic N) is 2. The molecule has 2 heterocycles. The van der Waals surface area contributed by atoms with Crippen LogP contribution in [0.15, 0.2) is 15.7 Å². The molecule has 1 aromatic heterocycles. The molecule has 0 radical (unpaired) electrons. The second-order valence-corrected chi connectivity index (χ2v) is 10.0. The molecular formula is C16H20N2O5S2. The van der Waals surface area contributed by atoms with E-state index in [1.54, 1.807) is 4.90 Å². The first kappa shape index (κ1) is 17.0. The first-order valence-corrected chi connectivity index (χ1v) is 10.8. The van der Waals surface area contributed by atoms with Gasteiger partial charge in [-0.2, -0.15) is 4.31 Å². The quantitative estimate of drug-likeness (QED) is 0.845. The van der Waals surface area contributed by atoms with Gasteiger partial charge in [-0.25, -0.2) is 13.2 Å².